The molecule has 1 aromatic rings. The molecule has 3 aliphatic rings. The lowest BCUT2D eigenvalue weighted by molar-refractivity contribution is -0.151. The second kappa shape index (κ2) is 9.13. The number of ether oxygens (including phenoxy) is 1. The maximum absolute atomic E-state index is 12.8. The number of piperazine rings is 1. The molecule has 0 spiro atoms. The molecule has 7 heteroatoms. The Hall–Kier alpha value is -2.12. The van der Waals surface area contributed by atoms with Gasteiger partial charge in [-0.25, -0.2) is 0 Å². The molecular formula is C22H32N4O3. The van der Waals surface area contributed by atoms with Crippen molar-refractivity contribution in [2.24, 2.45) is 11.8 Å². The number of para-hydroxylation sites is 1. The Morgan fingerprint density at radius 1 is 0.966 bits per heavy atom. The van der Waals surface area contributed by atoms with Crippen molar-refractivity contribution < 1.29 is 14.3 Å². The van der Waals surface area contributed by atoms with E-state index in [9.17, 15) is 9.59 Å². The van der Waals surface area contributed by atoms with Crippen LogP contribution in [0.3, 0.4) is 0 Å². The molecule has 1 atom stereocenters. The van der Waals surface area contributed by atoms with Crippen LogP contribution >= 0.6 is 0 Å². The van der Waals surface area contributed by atoms with Gasteiger partial charge in [0.1, 0.15) is 0 Å². The lowest BCUT2D eigenvalue weighted by atomic mass is 9.95. The first kappa shape index (κ1) is 20.2. The molecule has 3 saturated heterocycles. The number of carbonyl (C=O) groups excluding carboxylic acids is 2. The van der Waals surface area contributed by atoms with Crippen LogP contribution in [-0.2, 0) is 14.3 Å². The molecule has 0 bridgehead atoms. The Labute approximate surface area is 173 Å². The summed E-state index contributed by atoms with van der Waals surface area (Å²) in [7, 11) is 0. The van der Waals surface area contributed by atoms with Crippen molar-refractivity contribution in [3.05, 3.63) is 30.3 Å². The summed E-state index contributed by atoms with van der Waals surface area (Å²) < 4.78 is 5.37. The Kier molecular flexibility index (Phi) is 6.35. The van der Waals surface area contributed by atoms with Crippen LogP contribution in [0.5, 0.6) is 0 Å². The van der Waals surface area contributed by atoms with Crippen molar-refractivity contribution in [2.45, 2.75) is 6.92 Å². The van der Waals surface area contributed by atoms with E-state index in [0.29, 0.717) is 13.1 Å². The Morgan fingerprint density at radius 3 is 2.28 bits per heavy atom. The number of anilines is 1. The van der Waals surface area contributed by atoms with Gasteiger partial charge in [0.05, 0.1) is 19.1 Å². The highest BCUT2D eigenvalue weighted by atomic mass is 16.5. The molecule has 158 valence electrons. The van der Waals surface area contributed by atoms with Gasteiger partial charge in [-0.15, -0.1) is 0 Å². The van der Waals surface area contributed by atoms with E-state index in [1.165, 1.54) is 5.69 Å². The highest BCUT2D eigenvalue weighted by Crippen LogP contribution is 2.23. The molecule has 3 fully saturated rings. The van der Waals surface area contributed by atoms with Gasteiger partial charge in [-0.3, -0.25) is 14.5 Å². The van der Waals surface area contributed by atoms with Gasteiger partial charge < -0.3 is 19.4 Å². The Balaban J connectivity index is 1.19. The van der Waals surface area contributed by atoms with Crippen LogP contribution in [0.2, 0.25) is 0 Å². The zero-order valence-corrected chi connectivity index (χ0v) is 17.3. The lowest BCUT2D eigenvalue weighted by Crippen LogP contribution is -2.60. The normalized spacial score (nSPS) is 22.3. The van der Waals surface area contributed by atoms with Gasteiger partial charge in [-0.2, -0.15) is 0 Å². The number of carbonyl (C=O) groups is 2. The average Bonchev–Trinajstić information content (AvgIpc) is 2.74. The SMILES string of the molecule is C[C@@H](CN1CCOCC1)C(=O)N1CC(C(=O)N2CCN(c3ccccc3)CC2)C1. The summed E-state index contributed by atoms with van der Waals surface area (Å²) in [6.07, 6.45) is 0. The van der Waals surface area contributed by atoms with Crippen molar-refractivity contribution in [3.63, 3.8) is 0 Å². The summed E-state index contributed by atoms with van der Waals surface area (Å²) in [4.78, 5) is 34.0. The minimum atomic E-state index is -0.0298. The van der Waals surface area contributed by atoms with E-state index in [1.807, 2.05) is 34.9 Å². The molecule has 0 aromatic heterocycles. The molecule has 3 heterocycles. The largest absolute Gasteiger partial charge is 0.379 e. The summed E-state index contributed by atoms with van der Waals surface area (Å²) in [5.41, 5.74) is 1.22. The van der Waals surface area contributed by atoms with Crippen LogP contribution in [0.15, 0.2) is 30.3 Å². The fraction of sp³-hybridized carbons (Fsp3) is 0.636. The number of nitrogens with zero attached hydrogens (tertiary/aromatic N) is 4. The van der Waals surface area contributed by atoms with Gasteiger partial charge in [-0.05, 0) is 12.1 Å². The van der Waals surface area contributed by atoms with Gasteiger partial charge in [0.25, 0.3) is 0 Å². The van der Waals surface area contributed by atoms with E-state index >= 15 is 0 Å². The predicted octanol–water partition coefficient (Wildman–Crippen LogP) is 0.762. The van der Waals surface area contributed by atoms with E-state index < -0.39 is 0 Å². The summed E-state index contributed by atoms with van der Waals surface area (Å²) in [6, 6.07) is 10.4. The van der Waals surface area contributed by atoms with Gasteiger partial charge in [0, 0.05) is 70.5 Å². The standard InChI is InChI=1S/C22H32N4O3/c1-18(15-23-11-13-29-14-12-23)21(27)26-16-19(17-26)22(28)25-9-7-24(8-10-25)20-5-3-2-4-6-20/h2-6,18-19H,7-17H2,1H3/t18-/m0/s1. The van der Waals surface area contributed by atoms with Crippen molar-refractivity contribution in [2.75, 3.05) is 77.0 Å². The molecule has 1 aromatic carbocycles. The molecule has 29 heavy (non-hydrogen) atoms. The molecule has 0 saturated carbocycles. The number of likely N-dealkylation sites (tertiary alicyclic amines) is 1. The average molecular weight is 401 g/mol. The van der Waals surface area contributed by atoms with E-state index in [4.69, 9.17) is 4.74 Å². The first-order valence-corrected chi connectivity index (χ1v) is 10.8. The van der Waals surface area contributed by atoms with Crippen LogP contribution < -0.4 is 4.90 Å². The molecule has 0 N–H and O–H groups in total. The number of hydrogen-bond acceptors (Lipinski definition) is 5. The molecule has 0 radical (unpaired) electrons. The van der Waals surface area contributed by atoms with Crippen molar-refractivity contribution in [3.8, 4) is 0 Å². The molecule has 2 amide bonds. The van der Waals surface area contributed by atoms with Crippen molar-refractivity contribution in [1.29, 1.82) is 0 Å². The number of benzene rings is 1. The van der Waals surface area contributed by atoms with Gasteiger partial charge >= 0.3 is 0 Å². The van der Waals surface area contributed by atoms with Crippen LogP contribution in [0.1, 0.15) is 6.92 Å². The number of rotatable bonds is 5. The van der Waals surface area contributed by atoms with Gasteiger partial charge in [0.2, 0.25) is 11.8 Å². The van der Waals surface area contributed by atoms with Crippen LogP contribution in [0.25, 0.3) is 0 Å². The maximum Gasteiger partial charge on any atom is 0.229 e. The molecule has 3 aliphatic heterocycles. The Morgan fingerprint density at radius 2 is 1.62 bits per heavy atom. The van der Waals surface area contributed by atoms with Crippen LogP contribution in [0.4, 0.5) is 5.69 Å². The predicted molar refractivity (Wildman–Crippen MR) is 112 cm³/mol. The minimum absolute atomic E-state index is 0.0291. The van der Waals surface area contributed by atoms with Crippen LogP contribution in [-0.4, -0.2) is 98.6 Å². The van der Waals surface area contributed by atoms with Crippen LogP contribution in [0, 0.1) is 11.8 Å². The fourth-order valence-electron chi connectivity index (χ4n) is 4.46. The first-order valence-electron chi connectivity index (χ1n) is 10.8. The second-order valence-electron chi connectivity index (χ2n) is 8.40. The van der Waals surface area contributed by atoms with E-state index in [-0.39, 0.29) is 23.7 Å². The Bertz CT molecular complexity index is 693. The monoisotopic (exact) mass is 400 g/mol. The molecular weight excluding hydrogens is 368 g/mol. The molecule has 0 aliphatic carbocycles. The molecule has 7 nitrogen and oxygen atoms in total. The summed E-state index contributed by atoms with van der Waals surface area (Å²) in [6.45, 7) is 10.4. The highest BCUT2D eigenvalue weighted by Gasteiger charge is 2.39. The third-order valence-electron chi connectivity index (χ3n) is 6.31. The van der Waals surface area contributed by atoms with Gasteiger partial charge in [0.15, 0.2) is 0 Å². The van der Waals surface area contributed by atoms with E-state index in [1.54, 1.807) is 0 Å². The molecule has 0 unspecified atom stereocenters. The van der Waals surface area contributed by atoms with Crippen molar-refractivity contribution >= 4 is 17.5 Å². The number of amides is 2. The minimum Gasteiger partial charge on any atom is -0.379 e. The molecule has 4 rings (SSSR count). The summed E-state index contributed by atoms with van der Waals surface area (Å²) in [5.74, 6) is 0.327. The van der Waals surface area contributed by atoms with E-state index in [2.05, 4.69) is 21.9 Å². The second-order valence-corrected chi connectivity index (χ2v) is 8.40. The third kappa shape index (κ3) is 4.73. The smallest absolute Gasteiger partial charge is 0.229 e. The fourth-order valence-corrected chi connectivity index (χ4v) is 4.46. The summed E-state index contributed by atoms with van der Waals surface area (Å²) in [5, 5.41) is 0. The maximum atomic E-state index is 12.8. The zero-order valence-electron chi connectivity index (χ0n) is 17.3. The van der Waals surface area contributed by atoms with E-state index in [0.717, 1.165) is 59.0 Å². The first-order chi connectivity index (χ1) is 14.1. The number of hydrogen-bond donors (Lipinski definition) is 0. The topological polar surface area (TPSA) is 56.3 Å². The zero-order chi connectivity index (χ0) is 20.2. The summed E-state index contributed by atoms with van der Waals surface area (Å²) >= 11 is 0. The van der Waals surface area contributed by atoms with Crippen molar-refractivity contribution in [1.82, 2.24) is 14.7 Å². The highest BCUT2D eigenvalue weighted by molar-refractivity contribution is 5.85. The van der Waals surface area contributed by atoms with Gasteiger partial charge in [-0.1, -0.05) is 25.1 Å². The lowest BCUT2D eigenvalue weighted by Gasteiger charge is -2.44. The quantitative estimate of drug-likeness (QED) is 0.731. The third-order valence-corrected chi connectivity index (χ3v) is 6.31. The number of morpholine rings is 1.